The molecule has 0 radical (unpaired) electrons. The van der Waals surface area contributed by atoms with E-state index >= 15 is 0 Å². The van der Waals surface area contributed by atoms with Gasteiger partial charge in [0.1, 0.15) is 12.4 Å². The first kappa shape index (κ1) is 17.5. The average molecular weight is 456 g/mol. The van der Waals surface area contributed by atoms with Crippen LogP contribution in [0.15, 0.2) is 33.7 Å². The first-order valence-corrected chi connectivity index (χ1v) is 7.06. The Morgan fingerprint density at radius 2 is 2.15 bits per heavy atom. The average Bonchev–Trinajstić information content (AvgIpc) is 2.44. The number of morpholine rings is 1. The molecular formula is C13H19BrIN3O2. The summed E-state index contributed by atoms with van der Waals surface area (Å²) in [5.41, 5.74) is 5.91. The van der Waals surface area contributed by atoms with Crippen molar-refractivity contribution in [3.63, 3.8) is 0 Å². The van der Waals surface area contributed by atoms with Gasteiger partial charge in [-0.05, 0) is 18.2 Å². The van der Waals surface area contributed by atoms with Crippen molar-refractivity contribution in [1.82, 2.24) is 4.90 Å². The standard InChI is InChI=1S/C13H18BrN3O2.HI/c14-11-2-1-3-12(10-11)19-7-4-16-13(15)17-5-8-18-9-6-17;/h1-3,10H,4-9H2,(H2,15,16);1H. The van der Waals surface area contributed by atoms with Crippen molar-refractivity contribution in [3.05, 3.63) is 28.7 Å². The van der Waals surface area contributed by atoms with Gasteiger partial charge in [-0.15, -0.1) is 24.0 Å². The number of aliphatic imine (C=N–C) groups is 1. The maximum absolute atomic E-state index is 5.91. The SMILES string of the molecule is I.NC(=NCCOc1cccc(Br)c1)N1CCOCC1. The number of rotatable bonds is 4. The summed E-state index contributed by atoms with van der Waals surface area (Å²) in [6.45, 7) is 4.11. The number of hydrogen-bond acceptors (Lipinski definition) is 3. The zero-order chi connectivity index (χ0) is 13.5. The third-order valence-electron chi connectivity index (χ3n) is 2.76. The van der Waals surface area contributed by atoms with Crippen molar-refractivity contribution in [2.75, 3.05) is 39.5 Å². The lowest BCUT2D eigenvalue weighted by atomic mass is 10.3. The van der Waals surface area contributed by atoms with Gasteiger partial charge in [-0.2, -0.15) is 0 Å². The lowest BCUT2D eigenvalue weighted by molar-refractivity contribution is 0.0674. The Morgan fingerprint density at radius 3 is 2.85 bits per heavy atom. The van der Waals surface area contributed by atoms with Gasteiger partial charge < -0.3 is 20.1 Å². The van der Waals surface area contributed by atoms with Crippen LogP contribution >= 0.6 is 39.9 Å². The van der Waals surface area contributed by atoms with Crippen LogP contribution in [0, 0.1) is 0 Å². The van der Waals surface area contributed by atoms with E-state index in [4.69, 9.17) is 15.2 Å². The molecule has 5 nitrogen and oxygen atoms in total. The summed E-state index contributed by atoms with van der Waals surface area (Å²) in [6.07, 6.45) is 0. The molecule has 0 amide bonds. The second-order valence-electron chi connectivity index (χ2n) is 4.15. The van der Waals surface area contributed by atoms with E-state index in [2.05, 4.69) is 20.9 Å². The summed E-state index contributed by atoms with van der Waals surface area (Å²) in [6, 6.07) is 7.74. The van der Waals surface area contributed by atoms with Crippen LogP contribution in [-0.4, -0.2) is 50.3 Å². The molecule has 1 aromatic rings. The number of halogens is 2. The predicted octanol–water partition coefficient (Wildman–Crippen LogP) is 2.09. The number of nitrogens with zero attached hydrogens (tertiary/aromatic N) is 2. The van der Waals surface area contributed by atoms with Crippen molar-refractivity contribution in [2.45, 2.75) is 0 Å². The number of guanidine groups is 1. The molecule has 2 rings (SSSR count). The molecule has 1 aliphatic rings. The van der Waals surface area contributed by atoms with E-state index in [0.29, 0.717) is 32.3 Å². The Hall–Kier alpha value is -0.540. The molecule has 0 aliphatic carbocycles. The third kappa shape index (κ3) is 5.84. The lowest BCUT2D eigenvalue weighted by Gasteiger charge is -2.27. The highest BCUT2D eigenvalue weighted by atomic mass is 127. The summed E-state index contributed by atoms with van der Waals surface area (Å²) >= 11 is 3.40. The van der Waals surface area contributed by atoms with Crippen LogP contribution < -0.4 is 10.5 Å². The fourth-order valence-corrected chi connectivity index (χ4v) is 2.15. The van der Waals surface area contributed by atoms with Gasteiger partial charge in [-0.3, -0.25) is 0 Å². The molecule has 2 N–H and O–H groups in total. The van der Waals surface area contributed by atoms with Gasteiger partial charge >= 0.3 is 0 Å². The molecule has 1 fully saturated rings. The molecule has 0 saturated carbocycles. The van der Waals surface area contributed by atoms with E-state index in [1.165, 1.54) is 0 Å². The van der Waals surface area contributed by atoms with Gasteiger partial charge in [-0.25, -0.2) is 4.99 Å². The first-order valence-electron chi connectivity index (χ1n) is 6.27. The van der Waals surface area contributed by atoms with Crippen molar-refractivity contribution < 1.29 is 9.47 Å². The van der Waals surface area contributed by atoms with Crippen LogP contribution in [0.2, 0.25) is 0 Å². The Bertz CT molecular complexity index is 439. The maximum Gasteiger partial charge on any atom is 0.191 e. The van der Waals surface area contributed by atoms with Crippen molar-refractivity contribution >= 4 is 45.9 Å². The van der Waals surface area contributed by atoms with E-state index in [1.807, 2.05) is 29.2 Å². The second kappa shape index (κ2) is 9.41. The van der Waals surface area contributed by atoms with E-state index < -0.39 is 0 Å². The highest BCUT2D eigenvalue weighted by Gasteiger charge is 2.11. The fourth-order valence-electron chi connectivity index (χ4n) is 1.77. The van der Waals surface area contributed by atoms with Gasteiger partial charge in [0.25, 0.3) is 0 Å². The largest absolute Gasteiger partial charge is 0.492 e. The molecule has 0 spiro atoms. The molecule has 0 unspecified atom stereocenters. The molecule has 20 heavy (non-hydrogen) atoms. The van der Waals surface area contributed by atoms with E-state index in [0.717, 1.165) is 23.3 Å². The highest BCUT2D eigenvalue weighted by molar-refractivity contribution is 14.0. The van der Waals surface area contributed by atoms with Gasteiger partial charge in [0.2, 0.25) is 0 Å². The van der Waals surface area contributed by atoms with Gasteiger partial charge in [0, 0.05) is 17.6 Å². The summed E-state index contributed by atoms with van der Waals surface area (Å²) in [5.74, 6) is 1.40. The van der Waals surface area contributed by atoms with Crippen LogP contribution in [-0.2, 0) is 4.74 Å². The number of ether oxygens (including phenoxy) is 2. The number of benzene rings is 1. The molecule has 1 aliphatic heterocycles. The Kier molecular flexibility index (Phi) is 8.24. The predicted molar refractivity (Wildman–Crippen MR) is 93.9 cm³/mol. The smallest absolute Gasteiger partial charge is 0.191 e. The summed E-state index contributed by atoms with van der Waals surface area (Å²) in [4.78, 5) is 6.34. The zero-order valence-electron chi connectivity index (χ0n) is 11.1. The summed E-state index contributed by atoms with van der Waals surface area (Å²) < 4.78 is 11.9. The van der Waals surface area contributed by atoms with Gasteiger partial charge in [0.05, 0.1) is 19.8 Å². The summed E-state index contributed by atoms with van der Waals surface area (Å²) in [7, 11) is 0. The minimum Gasteiger partial charge on any atom is -0.492 e. The second-order valence-corrected chi connectivity index (χ2v) is 5.06. The zero-order valence-corrected chi connectivity index (χ0v) is 15.0. The topological polar surface area (TPSA) is 60.1 Å². The van der Waals surface area contributed by atoms with E-state index in [1.54, 1.807) is 0 Å². The minimum absolute atomic E-state index is 0. The number of nitrogens with two attached hydrogens (primary N) is 1. The normalized spacial score (nSPS) is 15.7. The van der Waals surface area contributed by atoms with Crippen LogP contribution in [0.4, 0.5) is 0 Å². The van der Waals surface area contributed by atoms with Crippen LogP contribution in [0.1, 0.15) is 0 Å². The van der Waals surface area contributed by atoms with Crippen LogP contribution in [0.3, 0.4) is 0 Å². The quantitative estimate of drug-likeness (QED) is 0.327. The number of hydrogen-bond donors (Lipinski definition) is 1. The molecule has 0 atom stereocenters. The fraction of sp³-hybridized carbons (Fsp3) is 0.462. The molecule has 112 valence electrons. The maximum atomic E-state index is 5.91. The molecule has 0 bridgehead atoms. The molecule has 1 aromatic carbocycles. The Balaban J connectivity index is 0.00000200. The molecule has 0 aromatic heterocycles. The first-order chi connectivity index (χ1) is 9.25. The Morgan fingerprint density at radius 1 is 1.40 bits per heavy atom. The highest BCUT2D eigenvalue weighted by Crippen LogP contribution is 2.17. The third-order valence-corrected chi connectivity index (χ3v) is 3.26. The lowest BCUT2D eigenvalue weighted by Crippen LogP contribution is -2.45. The molecule has 7 heteroatoms. The monoisotopic (exact) mass is 455 g/mol. The molecular weight excluding hydrogens is 437 g/mol. The van der Waals surface area contributed by atoms with Crippen LogP contribution in [0.5, 0.6) is 5.75 Å². The van der Waals surface area contributed by atoms with E-state index in [-0.39, 0.29) is 24.0 Å². The minimum atomic E-state index is 0. The van der Waals surface area contributed by atoms with Crippen molar-refractivity contribution in [3.8, 4) is 5.75 Å². The van der Waals surface area contributed by atoms with Gasteiger partial charge in [0.15, 0.2) is 5.96 Å². The van der Waals surface area contributed by atoms with Crippen molar-refractivity contribution in [2.24, 2.45) is 10.7 Å². The Labute approximate surface area is 144 Å². The van der Waals surface area contributed by atoms with Crippen LogP contribution in [0.25, 0.3) is 0 Å². The molecule has 1 heterocycles. The summed E-state index contributed by atoms with van der Waals surface area (Å²) in [5, 5.41) is 0. The van der Waals surface area contributed by atoms with Crippen molar-refractivity contribution in [1.29, 1.82) is 0 Å². The molecule has 1 saturated heterocycles. The van der Waals surface area contributed by atoms with Gasteiger partial charge in [-0.1, -0.05) is 22.0 Å². The van der Waals surface area contributed by atoms with E-state index in [9.17, 15) is 0 Å².